The van der Waals surface area contributed by atoms with Gasteiger partial charge in [-0.15, -0.1) is 0 Å². The predicted molar refractivity (Wildman–Crippen MR) is 73.5 cm³/mol. The topological polar surface area (TPSA) is 79.2 Å². The van der Waals surface area contributed by atoms with Crippen molar-refractivity contribution < 1.29 is 29.0 Å². The molecule has 5 atom stereocenters. The molecule has 3 aliphatic rings. The van der Waals surface area contributed by atoms with Gasteiger partial charge in [0.1, 0.15) is 6.07 Å². The third-order valence-corrected chi connectivity index (χ3v) is 4.57. The fourth-order valence-electron chi connectivity index (χ4n) is 3.36. The summed E-state index contributed by atoms with van der Waals surface area (Å²) in [6, 6.07) is 11.2. The maximum absolute atomic E-state index is 9.52. The molecule has 4 rings (SSSR count). The van der Waals surface area contributed by atoms with E-state index in [0.29, 0.717) is 5.56 Å². The molecule has 0 N–H and O–H groups in total. The largest absolute Gasteiger partial charge is 0.320 e. The highest BCUT2D eigenvalue weighted by Gasteiger charge is 2.50. The Morgan fingerprint density at radius 1 is 1.04 bits per heavy atom. The molecule has 122 valence electrons. The number of nitrogens with zero attached hydrogens (tertiary/aromatic N) is 1. The molecule has 2 heterocycles. The van der Waals surface area contributed by atoms with E-state index in [9.17, 15) is 5.26 Å². The molecule has 0 amide bonds. The summed E-state index contributed by atoms with van der Waals surface area (Å²) in [4.78, 5) is 20.5. The van der Waals surface area contributed by atoms with Gasteiger partial charge in [0, 0.05) is 17.4 Å². The lowest BCUT2D eigenvalue weighted by atomic mass is 10.0. The Balaban J connectivity index is 1.43. The van der Waals surface area contributed by atoms with Crippen LogP contribution in [0.25, 0.3) is 0 Å². The molecule has 1 aromatic rings. The molecular weight excluding hydrogens is 302 g/mol. The summed E-state index contributed by atoms with van der Waals surface area (Å²) in [7, 11) is 0. The van der Waals surface area contributed by atoms with Gasteiger partial charge in [0.05, 0.1) is 0 Å². The van der Waals surface area contributed by atoms with Crippen molar-refractivity contribution >= 4 is 0 Å². The second kappa shape index (κ2) is 6.17. The second-order valence-electron chi connectivity index (χ2n) is 5.96. The Kier molecular flexibility index (Phi) is 4.03. The molecule has 7 nitrogen and oxygen atoms in total. The predicted octanol–water partition coefficient (Wildman–Crippen LogP) is 2.35. The minimum absolute atomic E-state index is 0.117. The second-order valence-corrected chi connectivity index (χ2v) is 5.96. The average molecular weight is 319 g/mol. The van der Waals surface area contributed by atoms with Crippen molar-refractivity contribution in [2.75, 3.05) is 6.79 Å². The van der Waals surface area contributed by atoms with Gasteiger partial charge in [-0.3, -0.25) is 4.74 Å². The first-order valence-electron chi connectivity index (χ1n) is 7.70. The van der Waals surface area contributed by atoms with E-state index in [1.54, 1.807) is 12.1 Å². The Morgan fingerprint density at radius 2 is 1.83 bits per heavy atom. The van der Waals surface area contributed by atoms with Gasteiger partial charge in [-0.1, -0.05) is 30.3 Å². The summed E-state index contributed by atoms with van der Waals surface area (Å²) in [6.07, 6.45) is 1.70. The number of benzene rings is 1. The van der Waals surface area contributed by atoms with Crippen LogP contribution in [-0.2, 0) is 34.8 Å². The van der Waals surface area contributed by atoms with Gasteiger partial charge < -0.3 is 4.74 Å². The lowest BCUT2D eigenvalue weighted by molar-refractivity contribution is -0.324. The molecule has 7 heteroatoms. The fourth-order valence-corrected chi connectivity index (χ4v) is 3.36. The van der Waals surface area contributed by atoms with E-state index in [4.69, 9.17) is 29.0 Å². The van der Waals surface area contributed by atoms with Gasteiger partial charge in [0.2, 0.25) is 0 Å². The summed E-state index contributed by atoms with van der Waals surface area (Å²) in [6.45, 7) is 0.164. The van der Waals surface area contributed by atoms with Crippen molar-refractivity contribution in [1.82, 2.24) is 0 Å². The summed E-state index contributed by atoms with van der Waals surface area (Å²) < 4.78 is 11.2. The van der Waals surface area contributed by atoms with E-state index < -0.39 is 12.1 Å². The van der Waals surface area contributed by atoms with Crippen LogP contribution >= 0.6 is 0 Å². The molecule has 1 aromatic carbocycles. The van der Waals surface area contributed by atoms with Crippen LogP contribution in [0.2, 0.25) is 0 Å². The lowest BCUT2D eigenvalue weighted by Gasteiger charge is -2.19. The maximum atomic E-state index is 9.52. The molecule has 23 heavy (non-hydrogen) atoms. The number of rotatable bonds is 3. The minimum Gasteiger partial charge on any atom is -0.320 e. The zero-order valence-electron chi connectivity index (χ0n) is 12.4. The quantitative estimate of drug-likeness (QED) is 0.791. The van der Waals surface area contributed by atoms with Gasteiger partial charge in [0.15, 0.2) is 19.4 Å². The Morgan fingerprint density at radius 3 is 2.52 bits per heavy atom. The van der Waals surface area contributed by atoms with Gasteiger partial charge in [-0.2, -0.15) is 15.0 Å². The molecule has 0 bridgehead atoms. The minimum atomic E-state index is -1.51. The Labute approximate surface area is 133 Å². The van der Waals surface area contributed by atoms with Crippen molar-refractivity contribution in [1.29, 1.82) is 5.26 Å². The van der Waals surface area contributed by atoms with E-state index in [0.717, 1.165) is 19.3 Å². The van der Waals surface area contributed by atoms with Crippen LogP contribution in [0, 0.1) is 23.2 Å². The van der Waals surface area contributed by atoms with Gasteiger partial charge in [0.25, 0.3) is 0 Å². The number of hydrogen-bond acceptors (Lipinski definition) is 7. The van der Waals surface area contributed by atoms with Crippen molar-refractivity contribution in [3.8, 4) is 6.07 Å². The van der Waals surface area contributed by atoms with Crippen LogP contribution in [0.5, 0.6) is 0 Å². The highest BCUT2D eigenvalue weighted by Crippen LogP contribution is 2.44. The first-order chi connectivity index (χ1) is 11.3. The number of hydrogen-bond donors (Lipinski definition) is 0. The first kappa shape index (κ1) is 15.0. The standard InChI is InChI=1S/C16H17NO6/c17-9-16(13-4-2-1-3-5-13)20-15(22-23-16)12-7-6-11(8-12)14-18-10-19-21-14/h1-5,11-12,14-15H,6-8,10H2/t11?,12?,14?,15-,16+/m1/s1. The number of ether oxygens (including phenoxy) is 2. The van der Waals surface area contributed by atoms with Crippen molar-refractivity contribution in [2.24, 2.45) is 11.8 Å². The molecule has 2 saturated heterocycles. The molecule has 0 radical (unpaired) electrons. The normalized spacial score (nSPS) is 40.3. The van der Waals surface area contributed by atoms with Gasteiger partial charge in [-0.05, 0) is 19.3 Å². The maximum Gasteiger partial charge on any atom is 0.318 e. The third kappa shape index (κ3) is 2.74. The fraction of sp³-hybridized carbons (Fsp3) is 0.562. The smallest absolute Gasteiger partial charge is 0.318 e. The summed E-state index contributed by atoms with van der Waals surface area (Å²) in [5.74, 6) is -1.16. The molecule has 0 aromatic heterocycles. The van der Waals surface area contributed by atoms with Crippen molar-refractivity contribution in [2.45, 2.75) is 37.6 Å². The van der Waals surface area contributed by atoms with Gasteiger partial charge in [-0.25, -0.2) is 9.78 Å². The molecule has 1 aliphatic carbocycles. The van der Waals surface area contributed by atoms with E-state index in [1.165, 1.54) is 0 Å². The zero-order valence-corrected chi connectivity index (χ0v) is 12.4. The van der Waals surface area contributed by atoms with Crippen LogP contribution in [0.1, 0.15) is 24.8 Å². The Hall–Kier alpha value is -1.53. The van der Waals surface area contributed by atoms with E-state index in [-0.39, 0.29) is 24.9 Å². The Bertz CT molecular complexity index is 584. The van der Waals surface area contributed by atoms with Crippen molar-refractivity contribution in [3.63, 3.8) is 0 Å². The summed E-state index contributed by atoms with van der Waals surface area (Å²) in [5.41, 5.74) is 0.621. The van der Waals surface area contributed by atoms with Crippen LogP contribution < -0.4 is 0 Å². The third-order valence-electron chi connectivity index (χ3n) is 4.57. The highest BCUT2D eigenvalue weighted by molar-refractivity contribution is 5.26. The average Bonchev–Trinajstić information content (AvgIpc) is 3.34. The summed E-state index contributed by atoms with van der Waals surface area (Å²) >= 11 is 0. The number of nitriles is 1. The lowest BCUT2D eigenvalue weighted by Crippen LogP contribution is -2.28. The summed E-state index contributed by atoms with van der Waals surface area (Å²) in [5, 5.41) is 9.52. The SMILES string of the molecule is N#C[C@@]1(c2ccccc2)OO[C@H](C2CCC(C3OCOO3)C2)O1. The molecular formula is C16H17NO6. The molecule has 0 spiro atoms. The van der Waals surface area contributed by atoms with E-state index in [1.807, 2.05) is 18.2 Å². The highest BCUT2D eigenvalue weighted by atomic mass is 17.3. The zero-order chi connectivity index (χ0) is 15.7. The van der Waals surface area contributed by atoms with Gasteiger partial charge >= 0.3 is 5.79 Å². The molecule has 3 unspecified atom stereocenters. The molecule has 3 fully saturated rings. The van der Waals surface area contributed by atoms with Crippen molar-refractivity contribution in [3.05, 3.63) is 35.9 Å². The van der Waals surface area contributed by atoms with Crippen LogP contribution in [0.4, 0.5) is 0 Å². The van der Waals surface area contributed by atoms with Crippen LogP contribution in [0.15, 0.2) is 30.3 Å². The van der Waals surface area contributed by atoms with E-state index in [2.05, 4.69) is 6.07 Å². The van der Waals surface area contributed by atoms with E-state index >= 15 is 0 Å². The van der Waals surface area contributed by atoms with Crippen LogP contribution in [0.3, 0.4) is 0 Å². The molecule has 1 saturated carbocycles. The first-order valence-corrected chi connectivity index (χ1v) is 7.70. The molecule has 2 aliphatic heterocycles. The van der Waals surface area contributed by atoms with Crippen LogP contribution in [-0.4, -0.2) is 19.4 Å². The monoisotopic (exact) mass is 319 g/mol.